The van der Waals surface area contributed by atoms with Crippen molar-refractivity contribution < 1.29 is 27.5 Å². The monoisotopic (exact) mass is 461 g/mol. The number of aryl methyl sites for hydroxylation is 1. The van der Waals surface area contributed by atoms with Gasteiger partial charge in [-0.1, -0.05) is 30.3 Å². The Morgan fingerprint density at radius 2 is 1.72 bits per heavy atom. The first-order valence-corrected chi connectivity index (χ1v) is 11.8. The molecular formula is C22H27N3O6S. The predicted octanol–water partition coefficient (Wildman–Crippen LogP) is 1.85. The first-order chi connectivity index (χ1) is 15.2. The number of sulfonamides is 1. The molecule has 0 saturated carbocycles. The van der Waals surface area contributed by atoms with Gasteiger partial charge in [-0.3, -0.25) is 19.4 Å². The van der Waals surface area contributed by atoms with Crippen LogP contribution in [0.2, 0.25) is 0 Å². The maximum Gasteiger partial charge on any atom is 0.325 e. The highest BCUT2D eigenvalue weighted by Crippen LogP contribution is 2.06. The summed E-state index contributed by atoms with van der Waals surface area (Å²) in [5.41, 5.74) is 1.09. The summed E-state index contributed by atoms with van der Waals surface area (Å²) in [7, 11) is -3.80. The lowest BCUT2D eigenvalue weighted by Gasteiger charge is -2.09. The Morgan fingerprint density at radius 3 is 2.34 bits per heavy atom. The first-order valence-electron chi connectivity index (χ1n) is 10.2. The molecule has 0 aliphatic rings. The normalized spacial score (nSPS) is 11.1. The summed E-state index contributed by atoms with van der Waals surface area (Å²) in [6.07, 6.45) is 2.65. The van der Waals surface area contributed by atoms with E-state index in [1.54, 1.807) is 13.8 Å². The summed E-state index contributed by atoms with van der Waals surface area (Å²) >= 11 is 0. The molecule has 0 spiro atoms. The molecule has 0 saturated heterocycles. The van der Waals surface area contributed by atoms with E-state index in [0.29, 0.717) is 12.8 Å². The molecule has 0 bridgehead atoms. The lowest BCUT2D eigenvalue weighted by Crippen LogP contribution is -2.33. The van der Waals surface area contributed by atoms with Crippen LogP contribution in [0.15, 0.2) is 48.7 Å². The SMILES string of the molecule is CC(C)OC(=O)CNC(=O)c1ccc(C(=O)NS(=O)(=O)CCCCc2ccccc2)cn1. The minimum Gasteiger partial charge on any atom is -0.462 e. The van der Waals surface area contributed by atoms with Crippen LogP contribution in [0.5, 0.6) is 0 Å². The molecule has 2 rings (SSSR count). The summed E-state index contributed by atoms with van der Waals surface area (Å²) in [5, 5.41) is 2.36. The number of hydrogen-bond acceptors (Lipinski definition) is 7. The van der Waals surface area contributed by atoms with Crippen molar-refractivity contribution >= 4 is 27.8 Å². The standard InChI is InChI=1S/C22H27N3O6S/c1-16(2)31-20(26)15-24-22(28)19-12-11-18(14-23-19)21(27)25-32(29,30)13-7-6-10-17-8-4-3-5-9-17/h3-5,8-9,11-12,14,16H,6-7,10,13,15H2,1-2H3,(H,24,28)(H,25,27). The van der Waals surface area contributed by atoms with Crippen LogP contribution in [0.1, 0.15) is 53.1 Å². The third kappa shape index (κ3) is 8.84. The zero-order chi connectivity index (χ0) is 23.6. The van der Waals surface area contributed by atoms with Gasteiger partial charge in [-0.25, -0.2) is 13.1 Å². The smallest absolute Gasteiger partial charge is 0.325 e. The van der Waals surface area contributed by atoms with Gasteiger partial charge in [0.25, 0.3) is 11.8 Å². The molecule has 10 heteroatoms. The summed E-state index contributed by atoms with van der Waals surface area (Å²) < 4.78 is 31.2. The van der Waals surface area contributed by atoms with Crippen molar-refractivity contribution in [3.05, 3.63) is 65.5 Å². The van der Waals surface area contributed by atoms with Gasteiger partial charge in [0.2, 0.25) is 10.0 Å². The zero-order valence-electron chi connectivity index (χ0n) is 18.0. The average Bonchev–Trinajstić information content (AvgIpc) is 2.75. The highest BCUT2D eigenvalue weighted by Gasteiger charge is 2.17. The van der Waals surface area contributed by atoms with Gasteiger partial charge in [0.05, 0.1) is 17.4 Å². The van der Waals surface area contributed by atoms with Crippen molar-refractivity contribution in [1.82, 2.24) is 15.0 Å². The molecule has 0 atom stereocenters. The molecule has 0 fully saturated rings. The van der Waals surface area contributed by atoms with E-state index in [2.05, 4.69) is 10.3 Å². The number of aromatic nitrogens is 1. The van der Waals surface area contributed by atoms with Crippen LogP contribution in [0.4, 0.5) is 0 Å². The molecule has 0 aliphatic heterocycles. The second-order valence-corrected chi connectivity index (χ2v) is 9.19. The van der Waals surface area contributed by atoms with Gasteiger partial charge in [0.15, 0.2) is 0 Å². The van der Waals surface area contributed by atoms with E-state index >= 15 is 0 Å². The van der Waals surface area contributed by atoms with Gasteiger partial charge in [-0.15, -0.1) is 0 Å². The fraction of sp³-hybridized carbons (Fsp3) is 0.364. The van der Waals surface area contributed by atoms with Crippen molar-refractivity contribution in [3.63, 3.8) is 0 Å². The van der Waals surface area contributed by atoms with E-state index in [1.807, 2.05) is 35.1 Å². The van der Waals surface area contributed by atoms with E-state index in [9.17, 15) is 22.8 Å². The molecule has 2 N–H and O–H groups in total. The number of esters is 1. The largest absolute Gasteiger partial charge is 0.462 e. The third-order valence-corrected chi connectivity index (χ3v) is 5.56. The van der Waals surface area contributed by atoms with Crippen LogP contribution in [0.25, 0.3) is 0 Å². The molecule has 1 aromatic carbocycles. The number of carbonyl (C=O) groups is 3. The van der Waals surface area contributed by atoms with Crippen molar-refractivity contribution in [1.29, 1.82) is 0 Å². The van der Waals surface area contributed by atoms with E-state index < -0.39 is 27.8 Å². The number of ether oxygens (including phenoxy) is 1. The molecule has 0 aliphatic carbocycles. The van der Waals surface area contributed by atoms with Crippen LogP contribution in [-0.2, 0) is 26.0 Å². The first kappa shape index (κ1) is 25.0. The van der Waals surface area contributed by atoms with Crippen molar-refractivity contribution in [3.8, 4) is 0 Å². The van der Waals surface area contributed by atoms with Crippen LogP contribution in [-0.4, -0.2) is 49.6 Å². The predicted molar refractivity (Wildman–Crippen MR) is 118 cm³/mol. The number of unbranched alkanes of at least 4 members (excludes halogenated alkanes) is 1. The number of benzene rings is 1. The molecule has 1 aromatic heterocycles. The van der Waals surface area contributed by atoms with Gasteiger partial charge in [0.1, 0.15) is 12.2 Å². The molecule has 0 radical (unpaired) electrons. The fourth-order valence-corrected chi connectivity index (χ4v) is 3.81. The highest BCUT2D eigenvalue weighted by atomic mass is 32.2. The Labute approximate surface area is 187 Å². The van der Waals surface area contributed by atoms with Crippen LogP contribution in [0, 0.1) is 0 Å². The second kappa shape index (κ2) is 11.9. The topological polar surface area (TPSA) is 132 Å². The van der Waals surface area contributed by atoms with Gasteiger partial charge >= 0.3 is 5.97 Å². The van der Waals surface area contributed by atoms with Crippen LogP contribution in [0.3, 0.4) is 0 Å². The minimum absolute atomic E-state index is 0.00590. The zero-order valence-corrected chi connectivity index (χ0v) is 18.9. The third-order valence-electron chi connectivity index (χ3n) is 4.24. The quantitative estimate of drug-likeness (QED) is 0.385. The second-order valence-electron chi connectivity index (χ2n) is 7.35. The number of hydrogen-bond donors (Lipinski definition) is 2. The highest BCUT2D eigenvalue weighted by molar-refractivity contribution is 7.90. The molecular weight excluding hydrogens is 434 g/mol. The lowest BCUT2D eigenvalue weighted by molar-refractivity contribution is -0.146. The Morgan fingerprint density at radius 1 is 1.00 bits per heavy atom. The number of rotatable bonds is 11. The molecule has 2 aromatic rings. The Balaban J connectivity index is 1.80. The minimum atomic E-state index is -3.80. The summed E-state index contributed by atoms with van der Waals surface area (Å²) in [5.74, 6) is -2.21. The van der Waals surface area contributed by atoms with Crippen molar-refractivity contribution in [2.75, 3.05) is 12.3 Å². The van der Waals surface area contributed by atoms with Crippen molar-refractivity contribution in [2.45, 2.75) is 39.2 Å². The lowest BCUT2D eigenvalue weighted by atomic mass is 10.1. The maximum atomic E-state index is 12.2. The van der Waals surface area contributed by atoms with E-state index in [-0.39, 0.29) is 29.7 Å². The molecule has 9 nitrogen and oxygen atoms in total. The summed E-state index contributed by atoms with van der Waals surface area (Å²) in [6.45, 7) is 3.06. The van der Waals surface area contributed by atoms with Gasteiger partial charge in [-0.2, -0.15) is 0 Å². The Kier molecular flexibility index (Phi) is 9.33. The average molecular weight is 462 g/mol. The van der Waals surface area contributed by atoms with Crippen molar-refractivity contribution in [2.24, 2.45) is 0 Å². The molecule has 32 heavy (non-hydrogen) atoms. The van der Waals surface area contributed by atoms with Gasteiger partial charge in [-0.05, 0) is 50.8 Å². The van der Waals surface area contributed by atoms with Crippen LogP contribution < -0.4 is 10.0 Å². The van der Waals surface area contributed by atoms with E-state index in [4.69, 9.17) is 4.74 Å². The summed E-state index contributed by atoms with van der Waals surface area (Å²) in [4.78, 5) is 39.6. The number of amides is 2. The number of nitrogens with one attached hydrogen (secondary N) is 2. The molecule has 172 valence electrons. The number of pyridine rings is 1. The Bertz CT molecular complexity index is 1020. The van der Waals surface area contributed by atoms with Crippen LogP contribution >= 0.6 is 0 Å². The number of carbonyl (C=O) groups excluding carboxylic acids is 3. The molecule has 0 unspecified atom stereocenters. The summed E-state index contributed by atoms with van der Waals surface area (Å²) in [6, 6.07) is 12.3. The molecule has 2 amide bonds. The van der Waals surface area contributed by atoms with E-state index in [1.165, 1.54) is 12.1 Å². The van der Waals surface area contributed by atoms with Gasteiger partial charge < -0.3 is 10.1 Å². The molecule has 1 heterocycles. The Hall–Kier alpha value is -3.27. The maximum absolute atomic E-state index is 12.2. The van der Waals surface area contributed by atoms with Gasteiger partial charge in [0, 0.05) is 6.20 Å². The van der Waals surface area contributed by atoms with E-state index in [0.717, 1.165) is 18.2 Å². The fourth-order valence-electron chi connectivity index (χ4n) is 2.73. The number of nitrogens with zero attached hydrogens (tertiary/aromatic N) is 1.